The molecule has 2 aromatic carbocycles. The fourth-order valence-corrected chi connectivity index (χ4v) is 5.58. The Morgan fingerprint density at radius 3 is 2.19 bits per heavy atom. The van der Waals surface area contributed by atoms with Crippen molar-refractivity contribution < 1.29 is 57.5 Å². The van der Waals surface area contributed by atoms with Crippen molar-refractivity contribution in [2.24, 2.45) is 0 Å². The second-order valence-corrected chi connectivity index (χ2v) is 12.7. The molecule has 2 heterocycles. The third-order valence-electron chi connectivity index (χ3n) is 8.43. The summed E-state index contributed by atoms with van der Waals surface area (Å²) in [7, 11) is 1.68. The van der Waals surface area contributed by atoms with Crippen molar-refractivity contribution in [1.29, 1.82) is 0 Å². The second-order valence-electron chi connectivity index (χ2n) is 12.7. The first-order valence-corrected chi connectivity index (χ1v) is 18.7. The summed E-state index contributed by atoms with van der Waals surface area (Å²) in [5.74, 6) is 0.936. The summed E-state index contributed by atoms with van der Waals surface area (Å²) in [6.45, 7) is 12.5. The fraction of sp³-hybridized carbons (Fsp3) is 0.500. The van der Waals surface area contributed by atoms with Crippen LogP contribution in [0.2, 0.25) is 0 Å². The van der Waals surface area contributed by atoms with Gasteiger partial charge in [-0.3, -0.25) is 0 Å². The molecule has 2 fully saturated rings. The number of carbonyl (C=O) groups excluding carboxylic acids is 1. The molecule has 0 bridgehead atoms. The lowest BCUT2D eigenvalue weighted by Crippen LogP contribution is -2.34. The number of fused-ring (bicyclic) bond motifs is 1. The van der Waals surface area contributed by atoms with E-state index in [-0.39, 0.29) is 19.8 Å². The quantitative estimate of drug-likeness (QED) is 0.0163. The minimum absolute atomic E-state index is 0.215. The van der Waals surface area contributed by atoms with E-state index in [9.17, 15) is 4.79 Å². The lowest BCUT2D eigenvalue weighted by atomic mass is 10.1. The van der Waals surface area contributed by atoms with E-state index >= 15 is 0 Å². The molecule has 296 valence electrons. The summed E-state index contributed by atoms with van der Waals surface area (Å²) in [4.78, 5) is 33.6. The molecule has 0 amide bonds. The highest BCUT2D eigenvalue weighted by Gasteiger charge is 2.50. The van der Waals surface area contributed by atoms with Crippen LogP contribution in [0.1, 0.15) is 55.2 Å². The van der Waals surface area contributed by atoms with E-state index < -0.39 is 30.4 Å². The summed E-state index contributed by atoms with van der Waals surface area (Å²) in [6.07, 6.45) is 12.5. The zero-order valence-corrected chi connectivity index (χ0v) is 31.4. The van der Waals surface area contributed by atoms with Crippen LogP contribution in [0.4, 0.5) is 0 Å². The molecule has 0 saturated carbocycles. The molecule has 1 unspecified atom stereocenters. The first kappa shape index (κ1) is 42.9. The van der Waals surface area contributed by atoms with Gasteiger partial charge in [-0.15, -0.1) is 6.58 Å². The predicted octanol–water partition coefficient (Wildman–Crippen LogP) is 6.94. The molecular formula is C42H56O12. The molecular weight excluding hydrogens is 696 g/mol. The van der Waals surface area contributed by atoms with Crippen LogP contribution in [0.3, 0.4) is 0 Å². The zero-order chi connectivity index (χ0) is 38.1. The third kappa shape index (κ3) is 16.3. The van der Waals surface area contributed by atoms with Crippen molar-refractivity contribution in [3.05, 3.63) is 96.6 Å². The van der Waals surface area contributed by atoms with E-state index in [0.29, 0.717) is 52.0 Å². The molecule has 4 atom stereocenters. The van der Waals surface area contributed by atoms with E-state index in [1.807, 2.05) is 60.7 Å². The van der Waals surface area contributed by atoms with Gasteiger partial charge in [0, 0.05) is 45.0 Å². The largest absolute Gasteiger partial charge is 0.494 e. The Kier molecular flexibility index (Phi) is 20.7. The summed E-state index contributed by atoms with van der Waals surface area (Å²) >= 11 is 0. The maximum absolute atomic E-state index is 12.6. The van der Waals surface area contributed by atoms with Crippen LogP contribution in [-0.2, 0) is 52.8 Å². The van der Waals surface area contributed by atoms with Crippen molar-refractivity contribution >= 4 is 23.9 Å². The number of ether oxygens (including phenoxy) is 7. The molecule has 0 aliphatic carbocycles. The smallest absolute Gasteiger partial charge is 0.331 e. The fourth-order valence-electron chi connectivity index (χ4n) is 5.58. The van der Waals surface area contributed by atoms with Crippen molar-refractivity contribution in [2.45, 2.75) is 62.9 Å². The maximum Gasteiger partial charge on any atom is 0.331 e. The molecule has 0 aromatic heterocycles. The van der Waals surface area contributed by atoms with Crippen LogP contribution in [-0.4, -0.2) is 104 Å². The summed E-state index contributed by atoms with van der Waals surface area (Å²) in [5.41, 5.74) is 2.72. The van der Waals surface area contributed by atoms with Crippen LogP contribution >= 0.6 is 0 Å². The molecule has 0 radical (unpaired) electrons. The average Bonchev–Trinajstić information content (AvgIpc) is 3.79. The standard InChI is InChI=1S/C42H56O12/c1-4-23-50-51-29-8-6-5-7-27-47-37-20-15-34(16-21-37)12-9-30-52-54-39-32-49-41-38(31-48-42(39)41)53-40(43)22-17-35-13-18-36(19-14-35)33(2)46-28-11-26-45-25-10-24-44-3/h4,9,12-22,38-39,41-42H,1-2,5-8,10-11,23-32H2,3H3/b12-9+,22-17+/t38?,39-,41-,42-/m0/s1. The van der Waals surface area contributed by atoms with Gasteiger partial charge in [-0.2, -0.15) is 0 Å². The van der Waals surface area contributed by atoms with E-state index in [1.54, 1.807) is 19.3 Å². The highest BCUT2D eigenvalue weighted by molar-refractivity contribution is 5.87. The molecule has 2 aliphatic heterocycles. The number of esters is 1. The van der Waals surface area contributed by atoms with Crippen LogP contribution in [0.15, 0.2) is 79.9 Å². The van der Waals surface area contributed by atoms with Crippen LogP contribution in [0.25, 0.3) is 17.9 Å². The van der Waals surface area contributed by atoms with Gasteiger partial charge in [-0.1, -0.05) is 67.6 Å². The minimum Gasteiger partial charge on any atom is -0.494 e. The van der Waals surface area contributed by atoms with E-state index in [4.69, 9.17) is 52.7 Å². The molecule has 2 saturated heterocycles. The zero-order valence-electron chi connectivity index (χ0n) is 31.4. The number of unbranched alkanes of at least 4 members (excludes halogenated alkanes) is 3. The Bertz CT molecular complexity index is 1410. The van der Waals surface area contributed by atoms with Gasteiger partial charge in [0.25, 0.3) is 0 Å². The highest BCUT2D eigenvalue weighted by Crippen LogP contribution is 2.31. The average molecular weight is 753 g/mol. The normalized spacial score (nSPS) is 19.4. The van der Waals surface area contributed by atoms with E-state index in [1.165, 1.54) is 6.08 Å². The molecule has 2 aliphatic rings. The maximum atomic E-state index is 12.6. The molecule has 54 heavy (non-hydrogen) atoms. The molecule has 4 rings (SSSR count). The van der Waals surface area contributed by atoms with Gasteiger partial charge in [0.1, 0.15) is 43.0 Å². The number of methoxy groups -OCH3 is 1. The molecule has 12 heteroatoms. The molecule has 0 N–H and O–H groups in total. The van der Waals surface area contributed by atoms with E-state index in [0.717, 1.165) is 61.0 Å². The predicted molar refractivity (Wildman–Crippen MR) is 204 cm³/mol. The summed E-state index contributed by atoms with van der Waals surface area (Å²) in [6, 6.07) is 15.4. The van der Waals surface area contributed by atoms with Crippen molar-refractivity contribution in [3.8, 4) is 5.75 Å². The van der Waals surface area contributed by atoms with Crippen LogP contribution in [0.5, 0.6) is 5.75 Å². The number of rotatable bonds is 29. The van der Waals surface area contributed by atoms with Gasteiger partial charge in [0.15, 0.2) is 6.10 Å². The Labute approximate surface area is 319 Å². The number of benzene rings is 2. The summed E-state index contributed by atoms with van der Waals surface area (Å²) in [5, 5.41) is 0. The number of hydrogen-bond donors (Lipinski definition) is 0. The number of hydrogen-bond acceptors (Lipinski definition) is 12. The lowest BCUT2D eigenvalue weighted by molar-refractivity contribution is -0.326. The number of carbonyl (C=O) groups is 1. The Morgan fingerprint density at radius 2 is 1.43 bits per heavy atom. The first-order chi connectivity index (χ1) is 26.6. The monoisotopic (exact) mass is 752 g/mol. The summed E-state index contributed by atoms with van der Waals surface area (Å²) < 4.78 is 39.5. The van der Waals surface area contributed by atoms with Gasteiger partial charge in [0.05, 0.1) is 33.0 Å². The van der Waals surface area contributed by atoms with Gasteiger partial charge < -0.3 is 33.2 Å². The topological polar surface area (TPSA) is 119 Å². The molecule has 12 nitrogen and oxygen atoms in total. The Morgan fingerprint density at radius 1 is 0.741 bits per heavy atom. The van der Waals surface area contributed by atoms with Crippen molar-refractivity contribution in [1.82, 2.24) is 0 Å². The SMILES string of the molecule is C=CCOOCCCCCCOc1ccc(/C=C/COO[C@H]2CO[C@H]3C(OC(=O)/C=C/c4ccc(C(=C)OCCCOCCCOC)cc4)CO[C@@H]23)cc1. The first-order valence-electron chi connectivity index (χ1n) is 18.7. The van der Waals surface area contributed by atoms with Crippen molar-refractivity contribution in [2.75, 3.05) is 73.2 Å². The molecule has 2 aromatic rings. The highest BCUT2D eigenvalue weighted by atomic mass is 17.2. The van der Waals surface area contributed by atoms with Crippen LogP contribution < -0.4 is 4.74 Å². The lowest BCUT2D eigenvalue weighted by Gasteiger charge is -2.16. The van der Waals surface area contributed by atoms with Crippen molar-refractivity contribution in [3.63, 3.8) is 0 Å². The van der Waals surface area contributed by atoms with Gasteiger partial charge in [-0.25, -0.2) is 24.3 Å². The second kappa shape index (κ2) is 26.0. The third-order valence-corrected chi connectivity index (χ3v) is 8.43. The Hall–Kier alpha value is -3.85. The molecule has 0 spiro atoms. The Balaban J connectivity index is 1.05. The van der Waals surface area contributed by atoms with Gasteiger partial charge in [0.2, 0.25) is 0 Å². The van der Waals surface area contributed by atoms with E-state index in [2.05, 4.69) is 13.2 Å². The van der Waals surface area contributed by atoms with Gasteiger partial charge in [-0.05, 0) is 55.0 Å². The minimum atomic E-state index is -0.542. The van der Waals surface area contributed by atoms with Gasteiger partial charge >= 0.3 is 5.97 Å². The van der Waals surface area contributed by atoms with Crippen LogP contribution in [0, 0.1) is 0 Å².